The van der Waals surface area contributed by atoms with Crippen molar-refractivity contribution in [3.8, 4) is 11.1 Å². The molecular weight excluding hydrogens is 377 g/mol. The van der Waals surface area contributed by atoms with Gasteiger partial charge in [0, 0.05) is 5.56 Å². The smallest absolute Gasteiger partial charge is 0.291 e. The van der Waals surface area contributed by atoms with E-state index in [9.17, 15) is 18.0 Å². The summed E-state index contributed by atoms with van der Waals surface area (Å²) in [5.41, 5.74) is 4.08. The van der Waals surface area contributed by atoms with Crippen LogP contribution in [0.15, 0.2) is 48.5 Å². The number of rotatable bonds is 8. The van der Waals surface area contributed by atoms with E-state index in [1.165, 1.54) is 43.7 Å². The van der Waals surface area contributed by atoms with Crippen LogP contribution in [0.4, 0.5) is 13.2 Å². The van der Waals surface area contributed by atoms with Crippen molar-refractivity contribution in [2.24, 2.45) is 0 Å². The minimum atomic E-state index is -4.85. The molecule has 2 aromatic rings. The van der Waals surface area contributed by atoms with Gasteiger partial charge in [-0.3, -0.25) is 9.53 Å². The summed E-state index contributed by atoms with van der Waals surface area (Å²) in [5.74, 6) is -0.676. The van der Waals surface area contributed by atoms with Gasteiger partial charge in [0.05, 0.1) is 0 Å². The van der Waals surface area contributed by atoms with Crippen LogP contribution < -0.4 is 0 Å². The number of benzene rings is 2. The van der Waals surface area contributed by atoms with Gasteiger partial charge >= 0.3 is 6.36 Å². The Kier molecular flexibility index (Phi) is 6.91. The molecule has 0 saturated heterocycles. The molecule has 154 valence electrons. The largest absolute Gasteiger partial charge is 0.523 e. The van der Waals surface area contributed by atoms with Gasteiger partial charge < -0.3 is 0 Å². The molecule has 0 aliphatic heterocycles. The maximum atomic E-state index is 12.4. The zero-order valence-electron chi connectivity index (χ0n) is 16.5. The maximum Gasteiger partial charge on any atom is 0.523 e. The number of ketones is 1. The Balaban J connectivity index is 1.67. The van der Waals surface area contributed by atoms with Crippen molar-refractivity contribution in [3.05, 3.63) is 65.2 Å². The normalized spacial score (nSPS) is 16.1. The zero-order valence-corrected chi connectivity index (χ0v) is 16.5. The van der Waals surface area contributed by atoms with Gasteiger partial charge in [-0.15, -0.1) is 13.2 Å². The molecule has 1 unspecified atom stereocenters. The molecule has 1 aliphatic rings. The molecule has 1 atom stereocenters. The third-order valence-electron chi connectivity index (χ3n) is 5.14. The molecule has 0 heterocycles. The first kappa shape index (κ1) is 21.3. The van der Waals surface area contributed by atoms with E-state index in [1.54, 1.807) is 12.1 Å². The van der Waals surface area contributed by atoms with E-state index in [0.717, 1.165) is 23.6 Å². The molecule has 0 bridgehead atoms. The first-order valence-electron chi connectivity index (χ1n) is 10.1. The average molecular weight is 402 g/mol. The van der Waals surface area contributed by atoms with E-state index in [4.69, 9.17) is 0 Å². The highest BCUT2D eigenvalue weighted by molar-refractivity contribution is 6.06. The molecule has 3 rings (SSSR count). The van der Waals surface area contributed by atoms with Gasteiger partial charge in [-0.25, -0.2) is 0 Å². The molecule has 0 saturated carbocycles. The van der Waals surface area contributed by atoms with Crippen LogP contribution in [0.3, 0.4) is 0 Å². The first-order valence-corrected chi connectivity index (χ1v) is 10.1. The molecule has 1 aliphatic carbocycles. The Bertz CT molecular complexity index is 867. The minimum Gasteiger partial charge on any atom is -0.291 e. The SMILES string of the molecule is CCCCCCCc1ccc(-c2ccc3c(c2)C=CC(OC(F)(F)F)C3=O)cc1. The summed E-state index contributed by atoms with van der Waals surface area (Å²) in [6.07, 6.45) is 3.52. The van der Waals surface area contributed by atoms with Gasteiger partial charge in [0.25, 0.3) is 0 Å². The van der Waals surface area contributed by atoms with Crippen molar-refractivity contribution in [2.75, 3.05) is 0 Å². The van der Waals surface area contributed by atoms with E-state index < -0.39 is 18.2 Å². The summed E-state index contributed by atoms with van der Waals surface area (Å²) in [6.45, 7) is 2.21. The fraction of sp³-hybridized carbons (Fsp3) is 0.375. The number of Topliss-reactive ketones (excluding diaryl/α,β-unsaturated/α-hetero) is 1. The number of carbonyl (C=O) groups is 1. The van der Waals surface area contributed by atoms with Crippen molar-refractivity contribution in [2.45, 2.75) is 57.9 Å². The average Bonchev–Trinajstić information content (AvgIpc) is 2.69. The molecule has 0 fully saturated rings. The highest BCUT2D eigenvalue weighted by atomic mass is 19.4. The van der Waals surface area contributed by atoms with Crippen molar-refractivity contribution < 1.29 is 22.7 Å². The summed E-state index contributed by atoms with van der Waals surface area (Å²) >= 11 is 0. The van der Waals surface area contributed by atoms with Crippen LogP contribution in [0, 0.1) is 0 Å². The summed E-state index contributed by atoms with van der Waals surface area (Å²) in [7, 11) is 0. The van der Waals surface area contributed by atoms with Crippen LogP contribution >= 0.6 is 0 Å². The second-order valence-electron chi connectivity index (χ2n) is 7.37. The van der Waals surface area contributed by atoms with Crippen LogP contribution in [0.1, 0.15) is 60.5 Å². The predicted molar refractivity (Wildman–Crippen MR) is 109 cm³/mol. The Morgan fingerprint density at radius 1 is 0.931 bits per heavy atom. The molecule has 2 nitrogen and oxygen atoms in total. The Morgan fingerprint density at radius 3 is 2.31 bits per heavy atom. The molecule has 2 aromatic carbocycles. The number of fused-ring (bicyclic) bond motifs is 1. The Hall–Kier alpha value is -2.40. The fourth-order valence-corrected chi connectivity index (χ4v) is 3.57. The lowest BCUT2D eigenvalue weighted by Crippen LogP contribution is -2.31. The summed E-state index contributed by atoms with van der Waals surface area (Å²) < 4.78 is 41.2. The van der Waals surface area contributed by atoms with Crippen LogP contribution in [0.25, 0.3) is 17.2 Å². The lowest BCUT2D eigenvalue weighted by atomic mass is 9.91. The second-order valence-corrected chi connectivity index (χ2v) is 7.37. The van der Waals surface area contributed by atoms with Crippen molar-refractivity contribution in [3.63, 3.8) is 0 Å². The Morgan fingerprint density at radius 2 is 1.62 bits per heavy atom. The standard InChI is InChI=1S/C24H25F3O2/c1-2-3-4-5-6-7-17-8-10-18(11-9-17)19-12-14-21-20(16-19)13-15-22(23(21)28)29-24(25,26)27/h8-16,22H,2-7H2,1H3. The molecule has 0 amide bonds. The molecular formula is C24H25F3O2. The highest BCUT2D eigenvalue weighted by Gasteiger charge is 2.37. The lowest BCUT2D eigenvalue weighted by Gasteiger charge is -2.20. The van der Waals surface area contributed by atoms with E-state index in [-0.39, 0.29) is 5.56 Å². The van der Waals surface area contributed by atoms with E-state index >= 15 is 0 Å². The summed E-state index contributed by atoms with van der Waals surface area (Å²) in [6, 6.07) is 13.5. The van der Waals surface area contributed by atoms with E-state index in [0.29, 0.717) is 5.56 Å². The first-order chi connectivity index (χ1) is 13.9. The monoisotopic (exact) mass is 402 g/mol. The van der Waals surface area contributed by atoms with Crippen molar-refractivity contribution in [1.82, 2.24) is 0 Å². The van der Waals surface area contributed by atoms with Gasteiger partial charge in [0.15, 0.2) is 5.78 Å². The molecule has 29 heavy (non-hydrogen) atoms. The van der Waals surface area contributed by atoms with Gasteiger partial charge in [-0.2, -0.15) is 0 Å². The summed E-state index contributed by atoms with van der Waals surface area (Å²) in [5, 5.41) is 0. The van der Waals surface area contributed by atoms with Crippen LogP contribution in [0.2, 0.25) is 0 Å². The lowest BCUT2D eigenvalue weighted by molar-refractivity contribution is -0.329. The number of carbonyl (C=O) groups excluding carboxylic acids is 1. The molecule has 0 N–H and O–H groups in total. The predicted octanol–water partition coefficient (Wildman–Crippen LogP) is 6.98. The number of alkyl halides is 3. The minimum absolute atomic E-state index is 0.245. The third kappa shape index (κ3) is 5.80. The molecule has 0 radical (unpaired) electrons. The number of hydrogen-bond acceptors (Lipinski definition) is 2. The molecule has 0 aromatic heterocycles. The summed E-state index contributed by atoms with van der Waals surface area (Å²) in [4.78, 5) is 12.3. The highest BCUT2D eigenvalue weighted by Crippen LogP contribution is 2.30. The molecule has 5 heteroatoms. The number of hydrogen-bond donors (Lipinski definition) is 0. The number of unbranched alkanes of at least 4 members (excludes halogenated alkanes) is 4. The Labute approximate surface area is 169 Å². The number of aryl methyl sites for hydroxylation is 1. The van der Waals surface area contributed by atoms with Gasteiger partial charge in [0.1, 0.15) is 6.10 Å². The third-order valence-corrected chi connectivity index (χ3v) is 5.14. The zero-order chi connectivity index (χ0) is 20.9. The van der Waals surface area contributed by atoms with Gasteiger partial charge in [-0.05, 0) is 47.2 Å². The number of ether oxygens (including phenoxy) is 1. The van der Waals surface area contributed by atoms with Crippen LogP contribution in [0.5, 0.6) is 0 Å². The van der Waals surface area contributed by atoms with Gasteiger partial charge in [0.2, 0.25) is 0 Å². The fourth-order valence-electron chi connectivity index (χ4n) is 3.57. The van der Waals surface area contributed by atoms with Crippen LogP contribution in [-0.2, 0) is 11.2 Å². The number of halogens is 3. The van der Waals surface area contributed by atoms with Crippen LogP contribution in [-0.4, -0.2) is 18.2 Å². The second kappa shape index (κ2) is 9.40. The topological polar surface area (TPSA) is 26.3 Å². The maximum absolute atomic E-state index is 12.4. The van der Waals surface area contributed by atoms with E-state index in [1.807, 2.05) is 18.2 Å². The van der Waals surface area contributed by atoms with E-state index in [2.05, 4.69) is 23.8 Å². The van der Waals surface area contributed by atoms with Crippen molar-refractivity contribution >= 4 is 11.9 Å². The van der Waals surface area contributed by atoms with Gasteiger partial charge in [-0.1, -0.05) is 75.1 Å². The quantitative estimate of drug-likeness (QED) is 0.445. The van der Waals surface area contributed by atoms with Crippen molar-refractivity contribution in [1.29, 1.82) is 0 Å². The molecule has 0 spiro atoms.